The number of halogens is 2. The lowest BCUT2D eigenvalue weighted by atomic mass is 10.1. The summed E-state index contributed by atoms with van der Waals surface area (Å²) in [7, 11) is 0. The van der Waals surface area contributed by atoms with E-state index in [1.807, 2.05) is 19.2 Å². The summed E-state index contributed by atoms with van der Waals surface area (Å²) >= 11 is 8.40. The maximum Gasteiger partial charge on any atom is 0.270 e. The van der Waals surface area contributed by atoms with Gasteiger partial charge in [-0.15, -0.1) is 11.3 Å². The van der Waals surface area contributed by atoms with Crippen LogP contribution in [0.5, 0.6) is 0 Å². The molecule has 1 saturated heterocycles. The number of nitrogens with zero attached hydrogens (tertiary/aromatic N) is 5. The molecule has 1 amide bonds. The number of rotatable bonds is 5. The Morgan fingerprint density at radius 1 is 1.33 bits per heavy atom. The maximum atomic E-state index is 13.0. The van der Waals surface area contributed by atoms with Crippen molar-refractivity contribution >= 4 is 61.1 Å². The van der Waals surface area contributed by atoms with Crippen molar-refractivity contribution in [2.24, 2.45) is 4.99 Å². The Morgan fingerprint density at radius 3 is 2.80 bits per heavy atom. The number of amides is 1. The molecule has 0 aliphatic carbocycles. The topological polar surface area (TPSA) is 61.7 Å². The Kier molecular flexibility index (Phi) is 6.50. The molecule has 4 rings (SSSR count). The van der Waals surface area contributed by atoms with Crippen LogP contribution in [-0.2, 0) is 6.42 Å². The molecule has 0 atom stereocenters. The summed E-state index contributed by atoms with van der Waals surface area (Å²) in [6.07, 6.45) is 8.23. The second kappa shape index (κ2) is 9.11. The third-order valence-electron chi connectivity index (χ3n) is 5.01. The van der Waals surface area contributed by atoms with E-state index in [-0.39, 0.29) is 5.91 Å². The lowest BCUT2D eigenvalue weighted by Gasteiger charge is -2.25. The van der Waals surface area contributed by atoms with Gasteiger partial charge in [-0.25, -0.2) is 9.97 Å². The highest BCUT2D eigenvalue weighted by Crippen LogP contribution is 2.35. The number of aromatic nitrogens is 2. The number of carbonyl (C=O) groups is 1. The summed E-state index contributed by atoms with van der Waals surface area (Å²) in [5, 5.41) is 0.813. The average molecular weight is 551 g/mol. The summed E-state index contributed by atoms with van der Waals surface area (Å²) in [5.41, 5.74) is 2.34. The molecule has 0 bridgehead atoms. The van der Waals surface area contributed by atoms with Gasteiger partial charge in [0.15, 0.2) is 0 Å². The van der Waals surface area contributed by atoms with E-state index in [1.54, 1.807) is 17.3 Å². The largest absolute Gasteiger partial charge is 0.356 e. The van der Waals surface area contributed by atoms with E-state index < -0.39 is 0 Å². The lowest BCUT2D eigenvalue weighted by Crippen LogP contribution is -2.36. The molecule has 4 heterocycles. The van der Waals surface area contributed by atoms with Crippen LogP contribution in [0.3, 0.4) is 0 Å². The monoisotopic (exact) mass is 549 g/mol. The Bertz CT molecular complexity index is 1050. The molecule has 0 saturated carbocycles. The number of anilines is 1. The zero-order valence-electron chi connectivity index (χ0n) is 16.6. The average Bonchev–Trinajstić information content (AvgIpc) is 3.38. The van der Waals surface area contributed by atoms with Gasteiger partial charge in [0.25, 0.3) is 5.91 Å². The van der Waals surface area contributed by atoms with Crippen molar-refractivity contribution in [3.63, 3.8) is 0 Å². The fraction of sp³-hybridized carbons (Fsp3) is 0.333. The van der Waals surface area contributed by atoms with Crippen molar-refractivity contribution in [2.45, 2.75) is 26.2 Å². The Morgan fingerprint density at radius 2 is 2.10 bits per heavy atom. The first-order chi connectivity index (χ1) is 14.4. The second-order valence-corrected chi connectivity index (χ2v) is 10.3. The number of pyridine rings is 1. The summed E-state index contributed by atoms with van der Waals surface area (Å²) in [6, 6.07) is 2.05. The molecule has 9 heteroatoms. The van der Waals surface area contributed by atoms with E-state index in [9.17, 15) is 4.79 Å². The molecule has 1 fully saturated rings. The van der Waals surface area contributed by atoms with Crippen LogP contribution in [0, 0.1) is 0 Å². The minimum atomic E-state index is -0.0725. The molecule has 156 valence electrons. The number of hydrogen-bond acceptors (Lipinski definition) is 6. The highest BCUT2D eigenvalue weighted by molar-refractivity contribution is 9.11. The normalized spacial score (nSPS) is 17.2. The summed E-state index contributed by atoms with van der Waals surface area (Å²) in [5.74, 6) is 0.903. The molecule has 0 spiro atoms. The Balaban J connectivity index is 1.55. The molecule has 2 aliphatic rings. The fourth-order valence-corrected chi connectivity index (χ4v) is 5.29. The third-order valence-corrected chi connectivity index (χ3v) is 6.93. The van der Waals surface area contributed by atoms with Gasteiger partial charge in [-0.1, -0.05) is 22.5 Å². The van der Waals surface area contributed by atoms with Crippen LogP contribution in [0.4, 0.5) is 5.82 Å². The number of carbonyl (C=O) groups excluding carboxylic acids is 1. The van der Waals surface area contributed by atoms with E-state index in [2.05, 4.69) is 53.3 Å². The number of hydrogen-bond donors (Lipinski definition) is 0. The molecule has 0 radical (unpaired) electrons. The van der Waals surface area contributed by atoms with Crippen LogP contribution in [0.15, 0.2) is 44.7 Å². The maximum absolute atomic E-state index is 13.0. The van der Waals surface area contributed by atoms with Crippen LogP contribution >= 0.6 is 43.2 Å². The van der Waals surface area contributed by atoms with Crippen LogP contribution in [0.2, 0.25) is 0 Å². The van der Waals surface area contributed by atoms with Gasteiger partial charge in [-0.05, 0) is 41.8 Å². The first-order valence-electron chi connectivity index (χ1n) is 9.71. The zero-order chi connectivity index (χ0) is 21.3. The SMILES string of the molecule is C=C(C=N/C=C(\C)Br)N1CCc2nc(-c3cnc(N4CCCC4)c(Br)c3)sc2C1=O. The van der Waals surface area contributed by atoms with E-state index in [1.165, 1.54) is 24.2 Å². The molecule has 6 nitrogen and oxygen atoms in total. The highest BCUT2D eigenvalue weighted by Gasteiger charge is 2.30. The number of fused-ring (bicyclic) bond motifs is 1. The van der Waals surface area contributed by atoms with E-state index in [0.29, 0.717) is 23.5 Å². The van der Waals surface area contributed by atoms with Gasteiger partial charge >= 0.3 is 0 Å². The van der Waals surface area contributed by atoms with Crippen molar-refractivity contribution in [1.29, 1.82) is 0 Å². The third kappa shape index (κ3) is 4.43. The van der Waals surface area contributed by atoms with Crippen molar-refractivity contribution in [2.75, 3.05) is 24.5 Å². The highest BCUT2D eigenvalue weighted by atomic mass is 79.9. The first kappa shape index (κ1) is 21.4. The summed E-state index contributed by atoms with van der Waals surface area (Å²) < 4.78 is 1.86. The van der Waals surface area contributed by atoms with Gasteiger partial charge in [0.05, 0.1) is 15.9 Å². The van der Waals surface area contributed by atoms with Crippen molar-refractivity contribution in [3.05, 3.63) is 50.3 Å². The zero-order valence-corrected chi connectivity index (χ0v) is 20.6. The van der Waals surface area contributed by atoms with Crippen molar-refractivity contribution in [3.8, 4) is 10.6 Å². The molecule has 30 heavy (non-hydrogen) atoms. The van der Waals surface area contributed by atoms with E-state index in [4.69, 9.17) is 4.98 Å². The molecular weight excluding hydrogens is 530 g/mol. The quantitative estimate of drug-likeness (QED) is 0.467. The van der Waals surface area contributed by atoms with E-state index >= 15 is 0 Å². The van der Waals surface area contributed by atoms with Gasteiger partial charge in [0.2, 0.25) is 0 Å². The van der Waals surface area contributed by atoms with Crippen LogP contribution in [-0.4, -0.2) is 46.6 Å². The van der Waals surface area contributed by atoms with Crippen LogP contribution in [0.1, 0.15) is 35.1 Å². The molecule has 0 aromatic carbocycles. The van der Waals surface area contributed by atoms with Gasteiger partial charge in [0, 0.05) is 54.7 Å². The number of aliphatic imine (C=N–C) groups is 1. The smallest absolute Gasteiger partial charge is 0.270 e. The molecular formula is C21H21Br2N5OS. The van der Waals surface area contributed by atoms with Gasteiger partial charge < -0.3 is 9.80 Å². The number of thiazole rings is 1. The minimum absolute atomic E-state index is 0.0725. The molecule has 2 aromatic rings. The van der Waals surface area contributed by atoms with Gasteiger partial charge in [-0.3, -0.25) is 9.79 Å². The van der Waals surface area contributed by atoms with Crippen molar-refractivity contribution in [1.82, 2.24) is 14.9 Å². The van der Waals surface area contributed by atoms with Crippen molar-refractivity contribution < 1.29 is 4.79 Å². The molecule has 2 aromatic heterocycles. The minimum Gasteiger partial charge on any atom is -0.356 e. The standard InChI is InChI=1S/C21H21Br2N5OS/c1-13(22)10-24-11-14(2)28-8-5-17-18(21(28)29)30-20(26-17)15-9-16(23)19(25-12-15)27-6-3-4-7-27/h9-12H,2-8H2,1H3/b13-10+,24-11?. The van der Waals surface area contributed by atoms with E-state index in [0.717, 1.165) is 44.1 Å². The van der Waals surface area contributed by atoms with Crippen LogP contribution < -0.4 is 4.90 Å². The van der Waals surface area contributed by atoms with Crippen LogP contribution in [0.25, 0.3) is 10.6 Å². The Hall–Kier alpha value is -1.84. The second-order valence-electron chi connectivity index (χ2n) is 7.21. The van der Waals surface area contributed by atoms with Gasteiger partial charge in [0.1, 0.15) is 15.7 Å². The predicted molar refractivity (Wildman–Crippen MR) is 130 cm³/mol. The first-order valence-corrected chi connectivity index (χ1v) is 12.1. The lowest BCUT2D eigenvalue weighted by molar-refractivity contribution is 0.0806. The number of allylic oxidation sites excluding steroid dienone is 2. The Labute approximate surface area is 196 Å². The van der Waals surface area contributed by atoms with Gasteiger partial charge in [-0.2, -0.15) is 0 Å². The molecule has 0 unspecified atom stereocenters. The fourth-order valence-electron chi connectivity index (χ4n) is 3.53. The predicted octanol–water partition coefficient (Wildman–Crippen LogP) is 5.41. The summed E-state index contributed by atoms with van der Waals surface area (Å²) in [6.45, 7) is 8.52. The summed E-state index contributed by atoms with van der Waals surface area (Å²) in [4.78, 5) is 31.2. The molecule has 0 N–H and O–H groups in total. The molecule has 2 aliphatic heterocycles.